The molecule has 0 unspecified atom stereocenters. The summed E-state index contributed by atoms with van der Waals surface area (Å²) in [5.41, 5.74) is 1.87. The van der Waals surface area contributed by atoms with Gasteiger partial charge in [-0.2, -0.15) is 0 Å². The van der Waals surface area contributed by atoms with E-state index in [9.17, 15) is 0 Å². The van der Waals surface area contributed by atoms with Gasteiger partial charge in [0.15, 0.2) is 0 Å². The fraction of sp³-hybridized carbons (Fsp3) is 0.300. The molecule has 64 valence electrons. The molecular weight excluding hydrogens is 150 g/mol. The smallest absolute Gasteiger partial charge is 0.144 e. The maximum Gasteiger partial charge on any atom is 0.144 e. The summed E-state index contributed by atoms with van der Waals surface area (Å²) in [7, 11) is 0. The molecule has 0 amide bonds. The Labute approximate surface area is 72.6 Å². The molecule has 1 aromatic rings. The van der Waals surface area contributed by atoms with Crippen molar-refractivity contribution in [3.8, 4) is 0 Å². The Morgan fingerprint density at radius 3 is 2.83 bits per heavy atom. The first-order chi connectivity index (χ1) is 5.83. The van der Waals surface area contributed by atoms with Crippen molar-refractivity contribution in [2.45, 2.75) is 20.3 Å². The normalized spacial score (nSPS) is 10.8. The van der Waals surface area contributed by atoms with E-state index in [0.717, 1.165) is 23.4 Å². The van der Waals surface area contributed by atoms with Gasteiger partial charge in [0.05, 0.1) is 0 Å². The highest BCUT2D eigenvalue weighted by atomic mass is 16.5. The van der Waals surface area contributed by atoms with Gasteiger partial charge >= 0.3 is 0 Å². The van der Waals surface area contributed by atoms with Crippen molar-refractivity contribution in [2.75, 3.05) is 0 Å². The van der Waals surface area contributed by atoms with Crippen LogP contribution in [0.3, 0.4) is 0 Å². The molecule has 0 N–H and O–H groups in total. The van der Waals surface area contributed by atoms with Crippen LogP contribution >= 0.6 is 0 Å². The van der Waals surface area contributed by atoms with Gasteiger partial charge in [-0.15, -0.1) is 0 Å². The number of hydrogen-bond donors (Lipinski definition) is 0. The van der Waals surface area contributed by atoms with Gasteiger partial charge in [0, 0.05) is 12.0 Å². The van der Waals surface area contributed by atoms with Crippen LogP contribution in [0.2, 0.25) is 0 Å². The van der Waals surface area contributed by atoms with Crippen LogP contribution in [0, 0.1) is 0 Å². The van der Waals surface area contributed by atoms with Crippen LogP contribution in [0.4, 0.5) is 0 Å². The van der Waals surface area contributed by atoms with Crippen molar-refractivity contribution in [1.82, 2.24) is 5.16 Å². The zero-order chi connectivity index (χ0) is 8.97. The Balaban J connectivity index is 3.13. The summed E-state index contributed by atoms with van der Waals surface area (Å²) < 4.78 is 5.12. The average Bonchev–Trinajstić information content (AvgIpc) is 2.47. The summed E-state index contributed by atoms with van der Waals surface area (Å²) in [6.45, 7) is 7.71. The van der Waals surface area contributed by atoms with Crippen molar-refractivity contribution >= 4 is 12.2 Å². The highest BCUT2D eigenvalue weighted by Crippen LogP contribution is 2.17. The van der Waals surface area contributed by atoms with Crippen molar-refractivity contribution in [3.63, 3.8) is 0 Å². The quantitative estimate of drug-likeness (QED) is 0.684. The molecular formula is C10H13NO. The Bertz CT molecular complexity index is 297. The van der Waals surface area contributed by atoms with Crippen LogP contribution in [-0.2, 0) is 6.42 Å². The Morgan fingerprint density at radius 1 is 1.58 bits per heavy atom. The largest absolute Gasteiger partial charge is 0.360 e. The second-order valence-electron chi connectivity index (χ2n) is 2.46. The SMILES string of the molecule is C=Cc1c(/C=C\C)noc1CC. The number of rotatable bonds is 3. The molecule has 2 heteroatoms. The fourth-order valence-electron chi connectivity index (χ4n) is 1.10. The Kier molecular flexibility index (Phi) is 2.86. The van der Waals surface area contributed by atoms with Crippen LogP contribution in [0.1, 0.15) is 30.9 Å². The van der Waals surface area contributed by atoms with Gasteiger partial charge in [-0.05, 0) is 13.0 Å². The van der Waals surface area contributed by atoms with E-state index in [1.165, 1.54) is 0 Å². The first-order valence-corrected chi connectivity index (χ1v) is 4.07. The number of aryl methyl sites for hydroxylation is 1. The van der Waals surface area contributed by atoms with E-state index in [2.05, 4.69) is 11.7 Å². The number of nitrogens with zero attached hydrogens (tertiary/aromatic N) is 1. The van der Waals surface area contributed by atoms with Crippen LogP contribution in [0.5, 0.6) is 0 Å². The molecule has 2 nitrogen and oxygen atoms in total. The molecule has 0 aliphatic heterocycles. The monoisotopic (exact) mass is 163 g/mol. The Hall–Kier alpha value is -1.31. The van der Waals surface area contributed by atoms with E-state index >= 15 is 0 Å². The van der Waals surface area contributed by atoms with Crippen LogP contribution in [0.25, 0.3) is 12.2 Å². The zero-order valence-corrected chi connectivity index (χ0v) is 7.50. The highest BCUT2D eigenvalue weighted by molar-refractivity contribution is 5.62. The minimum Gasteiger partial charge on any atom is -0.360 e. The van der Waals surface area contributed by atoms with Gasteiger partial charge in [0.25, 0.3) is 0 Å². The standard InChI is InChI=1S/C10H13NO/c1-4-7-9-8(5-2)10(6-3)12-11-9/h4-5,7H,2,6H2,1,3H3/b7-4-. The molecule has 0 saturated carbocycles. The summed E-state index contributed by atoms with van der Waals surface area (Å²) in [6, 6.07) is 0. The van der Waals surface area contributed by atoms with Gasteiger partial charge in [0.1, 0.15) is 11.5 Å². The summed E-state index contributed by atoms with van der Waals surface area (Å²) in [4.78, 5) is 0. The van der Waals surface area contributed by atoms with E-state index in [1.807, 2.05) is 26.0 Å². The molecule has 1 heterocycles. The van der Waals surface area contributed by atoms with Gasteiger partial charge < -0.3 is 4.52 Å². The van der Waals surface area contributed by atoms with E-state index in [-0.39, 0.29) is 0 Å². The lowest BCUT2D eigenvalue weighted by Crippen LogP contribution is -1.80. The van der Waals surface area contributed by atoms with Gasteiger partial charge in [-0.1, -0.05) is 30.8 Å². The first kappa shape index (κ1) is 8.78. The average molecular weight is 163 g/mol. The van der Waals surface area contributed by atoms with Crippen LogP contribution in [0.15, 0.2) is 17.2 Å². The third kappa shape index (κ3) is 1.47. The molecule has 1 rings (SSSR count). The molecule has 0 radical (unpaired) electrons. The fourth-order valence-corrected chi connectivity index (χ4v) is 1.10. The number of aromatic nitrogens is 1. The lowest BCUT2D eigenvalue weighted by atomic mass is 10.1. The maximum absolute atomic E-state index is 5.12. The molecule has 0 fully saturated rings. The second-order valence-corrected chi connectivity index (χ2v) is 2.46. The molecule has 0 aliphatic rings. The highest BCUT2D eigenvalue weighted by Gasteiger charge is 2.07. The van der Waals surface area contributed by atoms with Crippen molar-refractivity contribution in [3.05, 3.63) is 29.7 Å². The predicted molar refractivity (Wildman–Crippen MR) is 50.7 cm³/mol. The molecule has 0 atom stereocenters. The van der Waals surface area contributed by atoms with Crippen molar-refractivity contribution < 1.29 is 4.52 Å². The molecule has 0 bridgehead atoms. The Morgan fingerprint density at radius 2 is 2.33 bits per heavy atom. The molecule has 1 aromatic heterocycles. The number of allylic oxidation sites excluding steroid dienone is 1. The maximum atomic E-state index is 5.12. The van der Waals surface area contributed by atoms with Crippen LogP contribution in [-0.4, -0.2) is 5.16 Å². The summed E-state index contributed by atoms with van der Waals surface area (Å²) in [5.74, 6) is 0.901. The number of hydrogen-bond acceptors (Lipinski definition) is 2. The minimum absolute atomic E-state index is 0.853. The van der Waals surface area contributed by atoms with E-state index in [1.54, 1.807) is 6.08 Å². The van der Waals surface area contributed by atoms with E-state index < -0.39 is 0 Å². The minimum atomic E-state index is 0.853. The first-order valence-electron chi connectivity index (χ1n) is 4.07. The van der Waals surface area contributed by atoms with Crippen LogP contribution < -0.4 is 0 Å². The predicted octanol–water partition coefficient (Wildman–Crippen LogP) is 2.91. The lowest BCUT2D eigenvalue weighted by Gasteiger charge is -1.89. The van der Waals surface area contributed by atoms with Crippen molar-refractivity contribution in [2.24, 2.45) is 0 Å². The van der Waals surface area contributed by atoms with Gasteiger partial charge in [0.2, 0.25) is 0 Å². The molecule has 0 saturated heterocycles. The van der Waals surface area contributed by atoms with Gasteiger partial charge in [-0.25, -0.2) is 0 Å². The summed E-state index contributed by atoms with van der Waals surface area (Å²) in [6.07, 6.45) is 6.49. The zero-order valence-electron chi connectivity index (χ0n) is 7.50. The molecule has 12 heavy (non-hydrogen) atoms. The van der Waals surface area contributed by atoms with E-state index in [0.29, 0.717) is 0 Å². The third-order valence-electron chi connectivity index (χ3n) is 1.68. The molecule has 0 aliphatic carbocycles. The molecule has 0 aromatic carbocycles. The van der Waals surface area contributed by atoms with Gasteiger partial charge in [-0.3, -0.25) is 0 Å². The molecule has 0 spiro atoms. The second kappa shape index (κ2) is 3.90. The lowest BCUT2D eigenvalue weighted by molar-refractivity contribution is 0.385. The topological polar surface area (TPSA) is 26.0 Å². The summed E-state index contributed by atoms with van der Waals surface area (Å²) >= 11 is 0. The van der Waals surface area contributed by atoms with Crippen molar-refractivity contribution in [1.29, 1.82) is 0 Å². The van der Waals surface area contributed by atoms with E-state index in [4.69, 9.17) is 4.52 Å². The third-order valence-corrected chi connectivity index (χ3v) is 1.68. The summed E-state index contributed by atoms with van der Waals surface area (Å²) in [5, 5.41) is 3.91.